The lowest BCUT2D eigenvalue weighted by Gasteiger charge is -2.15. The number of anilines is 1. The maximum atomic E-state index is 12.9. The third-order valence-electron chi connectivity index (χ3n) is 6.85. The van der Waals surface area contributed by atoms with Crippen molar-refractivity contribution in [1.82, 2.24) is 15.1 Å². The van der Waals surface area contributed by atoms with Gasteiger partial charge in [-0.05, 0) is 41.5 Å². The number of nitrogens with one attached hydrogen (secondary N) is 2. The maximum Gasteiger partial charge on any atom is 0.411 e. The first kappa shape index (κ1) is 22.6. The molecule has 0 aliphatic heterocycles. The minimum absolute atomic E-state index is 0.0747. The Morgan fingerprint density at radius 3 is 2.34 bits per heavy atom. The van der Waals surface area contributed by atoms with E-state index in [4.69, 9.17) is 4.74 Å². The van der Waals surface area contributed by atoms with Gasteiger partial charge < -0.3 is 15.2 Å². The van der Waals surface area contributed by atoms with E-state index in [2.05, 4.69) is 27.9 Å². The molecule has 0 unspecified atom stereocenters. The van der Waals surface area contributed by atoms with Gasteiger partial charge in [-0.15, -0.1) is 0 Å². The molecule has 2 aliphatic rings. The zero-order valence-electron chi connectivity index (χ0n) is 19.2. The number of aromatic nitrogens is 2. The first-order valence-corrected chi connectivity index (χ1v) is 11.6. The van der Waals surface area contributed by atoms with Gasteiger partial charge in [-0.1, -0.05) is 48.5 Å². The molecular weight excluding hydrogens is 448 g/mol. The predicted octanol–water partition coefficient (Wildman–Crippen LogP) is 3.76. The Hall–Kier alpha value is -4.14. The van der Waals surface area contributed by atoms with Crippen molar-refractivity contribution in [2.24, 2.45) is 13.0 Å². The van der Waals surface area contributed by atoms with Crippen LogP contribution in [0, 0.1) is 5.92 Å². The van der Waals surface area contributed by atoms with Crippen LogP contribution in [0.2, 0.25) is 0 Å². The van der Waals surface area contributed by atoms with Gasteiger partial charge in [-0.25, -0.2) is 4.79 Å². The van der Waals surface area contributed by atoms with E-state index in [9.17, 15) is 19.5 Å². The third kappa shape index (κ3) is 4.37. The summed E-state index contributed by atoms with van der Waals surface area (Å²) in [6, 6.07) is 15.9. The molecule has 5 rings (SSSR count). The topological polar surface area (TPSA) is 123 Å². The van der Waals surface area contributed by atoms with Crippen molar-refractivity contribution >= 4 is 23.7 Å². The molecule has 2 aliphatic carbocycles. The molecule has 2 amide bonds. The van der Waals surface area contributed by atoms with E-state index < -0.39 is 23.9 Å². The molecule has 0 spiro atoms. The average Bonchev–Trinajstić information content (AvgIpc) is 3.54. The average molecular weight is 475 g/mol. The van der Waals surface area contributed by atoms with Gasteiger partial charge in [-0.3, -0.25) is 19.6 Å². The van der Waals surface area contributed by atoms with Crippen LogP contribution in [0.15, 0.2) is 54.7 Å². The number of carbonyl (C=O) groups is 3. The normalized spacial score (nSPS) is 18.5. The van der Waals surface area contributed by atoms with Crippen molar-refractivity contribution in [3.8, 4) is 11.1 Å². The van der Waals surface area contributed by atoms with Gasteiger partial charge in [0.05, 0.1) is 17.8 Å². The SMILES string of the molecule is Cn1ncc(NC(=O)OCC2c3ccccc3-c3ccccc32)c1C(=O)N[C@@H]1CC[C@H](C(=O)O)C1. The number of fused-ring (bicyclic) bond motifs is 3. The van der Waals surface area contributed by atoms with E-state index in [1.165, 1.54) is 10.9 Å². The van der Waals surface area contributed by atoms with Crippen molar-refractivity contribution in [2.75, 3.05) is 11.9 Å². The van der Waals surface area contributed by atoms with Gasteiger partial charge in [0.25, 0.3) is 5.91 Å². The van der Waals surface area contributed by atoms with Gasteiger partial charge in [0.2, 0.25) is 0 Å². The number of carboxylic acid groups (broad SMARTS) is 1. The molecule has 1 heterocycles. The number of amides is 2. The first-order valence-electron chi connectivity index (χ1n) is 11.6. The molecule has 2 atom stereocenters. The number of aliphatic carboxylic acids is 1. The zero-order valence-corrected chi connectivity index (χ0v) is 19.2. The van der Waals surface area contributed by atoms with E-state index in [1.807, 2.05) is 36.4 Å². The van der Waals surface area contributed by atoms with Crippen molar-refractivity contribution in [2.45, 2.75) is 31.2 Å². The number of nitrogens with zero attached hydrogens (tertiary/aromatic N) is 2. The van der Waals surface area contributed by atoms with Gasteiger partial charge in [-0.2, -0.15) is 5.10 Å². The minimum atomic E-state index is -0.847. The summed E-state index contributed by atoms with van der Waals surface area (Å²) < 4.78 is 6.95. The van der Waals surface area contributed by atoms with Crippen LogP contribution in [0.3, 0.4) is 0 Å². The highest BCUT2D eigenvalue weighted by Gasteiger charge is 2.32. The summed E-state index contributed by atoms with van der Waals surface area (Å²) in [7, 11) is 1.60. The number of rotatable bonds is 6. The number of hydrogen-bond acceptors (Lipinski definition) is 5. The van der Waals surface area contributed by atoms with Crippen LogP contribution in [0.4, 0.5) is 10.5 Å². The fourth-order valence-corrected chi connectivity index (χ4v) is 5.13. The van der Waals surface area contributed by atoms with Gasteiger partial charge in [0.15, 0.2) is 0 Å². The number of hydrogen-bond donors (Lipinski definition) is 3. The summed E-state index contributed by atoms with van der Waals surface area (Å²) in [5, 5.41) is 18.8. The summed E-state index contributed by atoms with van der Waals surface area (Å²) in [5.41, 5.74) is 4.91. The van der Waals surface area contributed by atoms with Crippen LogP contribution in [0.25, 0.3) is 11.1 Å². The molecule has 35 heavy (non-hydrogen) atoms. The van der Waals surface area contributed by atoms with Crippen LogP contribution in [-0.2, 0) is 16.6 Å². The second-order valence-electron chi connectivity index (χ2n) is 9.00. The number of benzene rings is 2. The largest absolute Gasteiger partial charge is 0.481 e. The molecule has 1 fully saturated rings. The van der Waals surface area contributed by atoms with Gasteiger partial charge in [0, 0.05) is 19.0 Å². The standard InChI is InChI=1S/C26H26N4O5/c1-30-23(24(31)28-16-11-10-15(12-16)25(32)33)22(13-27-30)29-26(34)35-14-21-19-8-4-2-6-17(19)18-7-3-5-9-20(18)21/h2-9,13,15-16,21H,10-12,14H2,1H3,(H,28,31)(H,29,34)(H,32,33)/t15-,16+/m0/s1. The van der Waals surface area contributed by atoms with Crippen LogP contribution < -0.4 is 10.6 Å². The highest BCUT2D eigenvalue weighted by atomic mass is 16.5. The van der Waals surface area contributed by atoms with E-state index in [0.717, 1.165) is 22.3 Å². The lowest BCUT2D eigenvalue weighted by molar-refractivity contribution is -0.141. The maximum absolute atomic E-state index is 12.9. The molecule has 9 heteroatoms. The highest BCUT2D eigenvalue weighted by molar-refractivity contribution is 6.01. The fourth-order valence-electron chi connectivity index (χ4n) is 5.13. The Balaban J connectivity index is 1.24. The molecule has 1 saturated carbocycles. The Bertz CT molecular complexity index is 1250. The molecule has 180 valence electrons. The first-order chi connectivity index (χ1) is 16.9. The van der Waals surface area contributed by atoms with Crippen molar-refractivity contribution < 1.29 is 24.2 Å². The second-order valence-corrected chi connectivity index (χ2v) is 9.00. The number of aryl methyl sites for hydroxylation is 1. The molecule has 0 saturated heterocycles. The van der Waals surface area contributed by atoms with Crippen LogP contribution >= 0.6 is 0 Å². The van der Waals surface area contributed by atoms with Crippen LogP contribution in [-0.4, -0.2) is 45.5 Å². The number of ether oxygens (including phenoxy) is 1. The molecule has 1 aromatic heterocycles. The number of carbonyl (C=O) groups excluding carboxylic acids is 2. The molecule has 0 radical (unpaired) electrons. The summed E-state index contributed by atoms with van der Waals surface area (Å²) in [6.07, 6.45) is 2.21. The summed E-state index contributed by atoms with van der Waals surface area (Å²) in [4.78, 5) is 36.8. The Kier molecular flexibility index (Phi) is 5.98. The van der Waals surface area contributed by atoms with Crippen molar-refractivity contribution in [3.05, 3.63) is 71.5 Å². The molecule has 2 aromatic carbocycles. The van der Waals surface area contributed by atoms with Gasteiger partial charge in [0.1, 0.15) is 12.3 Å². The Morgan fingerprint density at radius 1 is 1.06 bits per heavy atom. The quantitative estimate of drug-likeness (QED) is 0.500. The van der Waals surface area contributed by atoms with Gasteiger partial charge >= 0.3 is 12.1 Å². The fraction of sp³-hybridized carbons (Fsp3) is 0.308. The van der Waals surface area contributed by atoms with E-state index in [0.29, 0.717) is 19.3 Å². The summed E-state index contributed by atoms with van der Waals surface area (Å²) >= 11 is 0. The monoisotopic (exact) mass is 474 g/mol. The lowest BCUT2D eigenvalue weighted by Crippen LogP contribution is -2.35. The van der Waals surface area contributed by atoms with Crippen molar-refractivity contribution in [3.63, 3.8) is 0 Å². The molecule has 0 bridgehead atoms. The molecular formula is C26H26N4O5. The van der Waals surface area contributed by atoms with Crippen LogP contribution in [0.1, 0.15) is 46.8 Å². The lowest BCUT2D eigenvalue weighted by atomic mass is 9.98. The molecule has 3 N–H and O–H groups in total. The third-order valence-corrected chi connectivity index (χ3v) is 6.85. The molecule has 3 aromatic rings. The van der Waals surface area contributed by atoms with E-state index in [-0.39, 0.29) is 29.9 Å². The van der Waals surface area contributed by atoms with Crippen molar-refractivity contribution in [1.29, 1.82) is 0 Å². The van der Waals surface area contributed by atoms with E-state index >= 15 is 0 Å². The summed E-state index contributed by atoms with van der Waals surface area (Å²) in [6.45, 7) is 0.153. The predicted molar refractivity (Wildman–Crippen MR) is 128 cm³/mol. The summed E-state index contributed by atoms with van der Waals surface area (Å²) in [5.74, 6) is -1.80. The smallest absolute Gasteiger partial charge is 0.411 e. The Morgan fingerprint density at radius 2 is 1.71 bits per heavy atom. The highest BCUT2D eigenvalue weighted by Crippen LogP contribution is 2.44. The second kappa shape index (κ2) is 9.25. The molecule has 9 nitrogen and oxygen atoms in total. The Labute approximate surface area is 202 Å². The van der Waals surface area contributed by atoms with Crippen LogP contribution in [0.5, 0.6) is 0 Å². The number of carboxylic acids is 1. The minimum Gasteiger partial charge on any atom is -0.481 e. The zero-order chi connectivity index (χ0) is 24.5. The van der Waals surface area contributed by atoms with E-state index in [1.54, 1.807) is 7.05 Å².